The first-order chi connectivity index (χ1) is 15.0. The summed E-state index contributed by atoms with van der Waals surface area (Å²) in [5.74, 6) is -1.24. The van der Waals surface area contributed by atoms with Gasteiger partial charge >= 0.3 is 0 Å². The van der Waals surface area contributed by atoms with Crippen molar-refractivity contribution in [2.75, 3.05) is 5.32 Å². The largest absolute Gasteiger partial charge is 0.338 e. The Morgan fingerprint density at radius 1 is 1.13 bits per heavy atom. The molecule has 1 N–H and O–H groups in total. The molecule has 0 aliphatic carbocycles. The van der Waals surface area contributed by atoms with Gasteiger partial charge in [0.05, 0.1) is 0 Å². The van der Waals surface area contributed by atoms with Gasteiger partial charge in [-0.1, -0.05) is 48.5 Å². The summed E-state index contributed by atoms with van der Waals surface area (Å²) in [7, 11) is 0. The van der Waals surface area contributed by atoms with E-state index in [0.29, 0.717) is 11.4 Å². The first-order valence-electron chi connectivity index (χ1n) is 9.69. The molecule has 0 saturated heterocycles. The predicted octanol–water partition coefficient (Wildman–Crippen LogP) is 4.15. The average Bonchev–Trinajstić information content (AvgIpc) is 3.23. The van der Waals surface area contributed by atoms with E-state index in [1.54, 1.807) is 25.1 Å². The van der Waals surface area contributed by atoms with Crippen molar-refractivity contribution < 1.29 is 13.7 Å². The molecule has 2 heterocycles. The van der Waals surface area contributed by atoms with Crippen LogP contribution < -0.4 is 10.7 Å². The number of amides is 1. The maximum atomic E-state index is 14.2. The lowest BCUT2D eigenvalue weighted by Crippen LogP contribution is -2.27. The molecule has 2 aromatic carbocycles. The fourth-order valence-corrected chi connectivity index (χ4v) is 3.12. The van der Waals surface area contributed by atoms with E-state index in [0.717, 1.165) is 12.0 Å². The lowest BCUT2D eigenvalue weighted by molar-refractivity contribution is 0.101. The molecule has 0 spiro atoms. The Labute approximate surface area is 177 Å². The second kappa shape index (κ2) is 8.35. The quantitative estimate of drug-likeness (QED) is 0.526. The van der Waals surface area contributed by atoms with E-state index in [1.807, 2.05) is 24.3 Å². The fourth-order valence-electron chi connectivity index (χ4n) is 3.12. The third-order valence-corrected chi connectivity index (χ3v) is 4.81. The highest BCUT2D eigenvalue weighted by Gasteiger charge is 2.18. The first kappa shape index (κ1) is 20.2. The maximum absolute atomic E-state index is 14.2. The molecule has 0 atom stereocenters. The van der Waals surface area contributed by atoms with Gasteiger partial charge in [-0.3, -0.25) is 14.9 Å². The minimum absolute atomic E-state index is 0.0683. The molecule has 4 rings (SSSR count). The number of para-hydroxylation sites is 1. The fraction of sp³-hybridized carbons (Fsp3) is 0.130. The molecule has 0 fully saturated rings. The summed E-state index contributed by atoms with van der Waals surface area (Å²) in [4.78, 5) is 25.0. The van der Waals surface area contributed by atoms with Crippen molar-refractivity contribution in [2.24, 2.45) is 0 Å². The van der Waals surface area contributed by atoms with Crippen molar-refractivity contribution in [1.82, 2.24) is 14.9 Å². The summed E-state index contributed by atoms with van der Waals surface area (Å²) in [5, 5.41) is 10.5. The lowest BCUT2D eigenvalue weighted by atomic mass is 10.1. The summed E-state index contributed by atoms with van der Waals surface area (Å²) < 4.78 is 20.6. The summed E-state index contributed by atoms with van der Waals surface area (Å²) in [6, 6.07) is 16.6. The molecular formula is C23H19FN4O3. The van der Waals surface area contributed by atoms with Crippen LogP contribution in [-0.2, 0) is 6.42 Å². The van der Waals surface area contributed by atoms with Crippen molar-refractivity contribution in [3.8, 4) is 16.9 Å². The molecule has 0 aliphatic heterocycles. The molecule has 1 amide bonds. The number of benzene rings is 2. The molecular weight excluding hydrogens is 399 g/mol. The Bertz CT molecular complexity index is 1310. The Morgan fingerprint density at radius 2 is 1.87 bits per heavy atom. The van der Waals surface area contributed by atoms with Gasteiger partial charge in [0.15, 0.2) is 5.69 Å². The zero-order valence-electron chi connectivity index (χ0n) is 16.9. The monoisotopic (exact) mass is 418 g/mol. The van der Waals surface area contributed by atoms with Gasteiger partial charge in [-0.15, -0.1) is 0 Å². The summed E-state index contributed by atoms with van der Waals surface area (Å²) in [6.45, 7) is 3.67. The molecule has 0 radical (unpaired) electrons. The number of anilines is 1. The van der Waals surface area contributed by atoms with Gasteiger partial charge in [0.1, 0.15) is 17.2 Å². The van der Waals surface area contributed by atoms with E-state index < -0.39 is 17.2 Å². The van der Waals surface area contributed by atoms with E-state index >= 15 is 0 Å². The number of rotatable bonds is 5. The van der Waals surface area contributed by atoms with Crippen molar-refractivity contribution in [3.05, 3.63) is 93.7 Å². The molecule has 2 aromatic heterocycles. The zero-order chi connectivity index (χ0) is 22.0. The standard InChI is InChI=1S/C23H19FN4O3/c1-3-15-8-10-16(11-9-15)18-13-21(31-27-18)25-23(30)22-20(29)12-14(2)28(26-22)19-7-5-4-6-17(19)24/h4-13H,3H2,1-2H3,(H,25,30). The highest BCUT2D eigenvalue weighted by Crippen LogP contribution is 2.22. The average molecular weight is 418 g/mol. The van der Waals surface area contributed by atoms with Crippen LogP contribution in [0.15, 0.2) is 70.0 Å². The van der Waals surface area contributed by atoms with Gasteiger partial charge in [-0.05, 0) is 31.0 Å². The molecule has 8 heteroatoms. The Balaban J connectivity index is 1.61. The van der Waals surface area contributed by atoms with Crippen molar-refractivity contribution in [1.29, 1.82) is 0 Å². The third kappa shape index (κ3) is 4.13. The van der Waals surface area contributed by atoms with Gasteiger partial charge < -0.3 is 4.52 Å². The van der Waals surface area contributed by atoms with Crippen LogP contribution in [0.3, 0.4) is 0 Å². The van der Waals surface area contributed by atoms with Crippen LogP contribution in [0.2, 0.25) is 0 Å². The number of halogens is 1. The highest BCUT2D eigenvalue weighted by atomic mass is 19.1. The number of aromatic nitrogens is 3. The molecule has 4 aromatic rings. The molecule has 31 heavy (non-hydrogen) atoms. The minimum Gasteiger partial charge on any atom is -0.338 e. The van der Waals surface area contributed by atoms with Crippen LogP contribution in [0.5, 0.6) is 0 Å². The lowest BCUT2D eigenvalue weighted by Gasteiger charge is -2.11. The number of hydrogen-bond acceptors (Lipinski definition) is 5. The Hall–Kier alpha value is -4.07. The smallest absolute Gasteiger partial charge is 0.282 e. The van der Waals surface area contributed by atoms with Crippen LogP contribution in [0.4, 0.5) is 10.3 Å². The van der Waals surface area contributed by atoms with E-state index in [9.17, 15) is 14.0 Å². The second-order valence-electron chi connectivity index (χ2n) is 6.94. The SMILES string of the molecule is CCc1ccc(-c2cc(NC(=O)c3nn(-c4ccccc4F)c(C)cc3=O)on2)cc1. The van der Waals surface area contributed by atoms with E-state index in [2.05, 4.69) is 22.5 Å². The number of carbonyl (C=O) groups excluding carboxylic acids is 1. The summed E-state index contributed by atoms with van der Waals surface area (Å²) in [6.07, 6.45) is 0.925. The Kier molecular flexibility index (Phi) is 5.44. The number of carbonyl (C=O) groups is 1. The minimum atomic E-state index is -0.779. The molecule has 0 saturated carbocycles. The zero-order valence-corrected chi connectivity index (χ0v) is 16.9. The van der Waals surface area contributed by atoms with E-state index in [-0.39, 0.29) is 17.3 Å². The first-order valence-corrected chi connectivity index (χ1v) is 9.69. The maximum Gasteiger partial charge on any atom is 0.282 e. The molecule has 0 unspecified atom stereocenters. The van der Waals surface area contributed by atoms with Gasteiger partial charge in [0, 0.05) is 23.4 Å². The van der Waals surface area contributed by atoms with Crippen LogP contribution in [0.25, 0.3) is 16.9 Å². The summed E-state index contributed by atoms with van der Waals surface area (Å²) >= 11 is 0. The number of nitrogens with one attached hydrogen (secondary N) is 1. The van der Waals surface area contributed by atoms with Crippen LogP contribution in [0.1, 0.15) is 28.7 Å². The molecule has 156 valence electrons. The predicted molar refractivity (Wildman–Crippen MR) is 114 cm³/mol. The third-order valence-electron chi connectivity index (χ3n) is 4.81. The number of nitrogens with zero attached hydrogens (tertiary/aromatic N) is 3. The van der Waals surface area contributed by atoms with E-state index in [4.69, 9.17) is 4.52 Å². The van der Waals surface area contributed by atoms with Crippen LogP contribution in [0, 0.1) is 12.7 Å². The number of hydrogen-bond donors (Lipinski definition) is 1. The Morgan fingerprint density at radius 3 is 2.58 bits per heavy atom. The molecule has 0 bridgehead atoms. The number of aryl methyl sites for hydroxylation is 2. The van der Waals surface area contributed by atoms with Crippen LogP contribution in [-0.4, -0.2) is 20.8 Å². The van der Waals surface area contributed by atoms with Gasteiger partial charge in [-0.2, -0.15) is 5.10 Å². The molecule has 0 aliphatic rings. The molecule has 7 nitrogen and oxygen atoms in total. The van der Waals surface area contributed by atoms with Gasteiger partial charge in [0.25, 0.3) is 5.91 Å². The highest BCUT2D eigenvalue weighted by molar-refractivity contribution is 6.02. The van der Waals surface area contributed by atoms with E-state index in [1.165, 1.54) is 28.4 Å². The second-order valence-corrected chi connectivity index (χ2v) is 6.94. The van der Waals surface area contributed by atoms with Gasteiger partial charge in [-0.25, -0.2) is 9.07 Å². The summed E-state index contributed by atoms with van der Waals surface area (Å²) in [5.41, 5.74) is 2.11. The van der Waals surface area contributed by atoms with Crippen molar-refractivity contribution in [2.45, 2.75) is 20.3 Å². The van der Waals surface area contributed by atoms with Gasteiger partial charge in [0.2, 0.25) is 11.3 Å². The van der Waals surface area contributed by atoms with Crippen molar-refractivity contribution >= 4 is 11.8 Å². The normalized spacial score (nSPS) is 10.8. The van der Waals surface area contributed by atoms with Crippen LogP contribution >= 0.6 is 0 Å². The topological polar surface area (TPSA) is 90.0 Å². The van der Waals surface area contributed by atoms with Crippen molar-refractivity contribution in [3.63, 3.8) is 0 Å².